The zero-order valence-electron chi connectivity index (χ0n) is 18.5. The summed E-state index contributed by atoms with van der Waals surface area (Å²) in [6.45, 7) is 0.696. The number of methoxy groups -OCH3 is 2. The Bertz CT molecular complexity index is 1070. The lowest BCUT2D eigenvalue weighted by molar-refractivity contribution is 0.354. The van der Waals surface area contributed by atoms with Gasteiger partial charge in [-0.2, -0.15) is 0 Å². The van der Waals surface area contributed by atoms with E-state index < -0.39 is 0 Å². The smallest absolute Gasteiger partial charge is 0.161 e. The number of ether oxygens (including phenoxy) is 2. The fourth-order valence-electron chi connectivity index (χ4n) is 5.02. The lowest BCUT2D eigenvalue weighted by Crippen LogP contribution is -2.12. The van der Waals surface area contributed by atoms with Crippen LogP contribution in [0.4, 0.5) is 5.82 Å². The number of aromatic nitrogens is 2. The van der Waals surface area contributed by atoms with Crippen LogP contribution in [0, 0.1) is 0 Å². The second-order valence-electron chi connectivity index (χ2n) is 8.70. The number of hydrogen-bond acceptors (Lipinski definition) is 6. The number of hydrogen-bond donors (Lipinski definition) is 1. The summed E-state index contributed by atoms with van der Waals surface area (Å²) in [7, 11) is 3.34. The average molecular weight is 438 g/mol. The first kappa shape index (κ1) is 20.6. The van der Waals surface area contributed by atoms with Crippen molar-refractivity contribution in [1.29, 1.82) is 0 Å². The molecule has 0 unspecified atom stereocenters. The van der Waals surface area contributed by atoms with Gasteiger partial charge in [-0.3, -0.25) is 0 Å². The van der Waals surface area contributed by atoms with E-state index in [1.165, 1.54) is 72.0 Å². The van der Waals surface area contributed by atoms with Crippen molar-refractivity contribution in [2.24, 2.45) is 0 Å². The molecule has 5 rings (SSSR count). The number of aryl methyl sites for hydroxylation is 2. The molecule has 0 atom stereocenters. The minimum absolute atomic E-state index is 0.499. The summed E-state index contributed by atoms with van der Waals surface area (Å²) in [6.07, 6.45) is 11.2. The first-order valence-electron chi connectivity index (χ1n) is 11.5. The zero-order valence-corrected chi connectivity index (χ0v) is 19.3. The van der Waals surface area contributed by atoms with E-state index in [0.717, 1.165) is 35.1 Å². The van der Waals surface area contributed by atoms with Crippen LogP contribution in [0.25, 0.3) is 10.2 Å². The third kappa shape index (κ3) is 4.10. The van der Waals surface area contributed by atoms with E-state index in [-0.39, 0.29) is 0 Å². The predicted molar refractivity (Wildman–Crippen MR) is 127 cm³/mol. The van der Waals surface area contributed by atoms with Crippen molar-refractivity contribution in [3.63, 3.8) is 0 Å². The summed E-state index contributed by atoms with van der Waals surface area (Å²) in [5, 5.41) is 4.93. The monoisotopic (exact) mass is 437 g/mol. The molecule has 1 N–H and O–H groups in total. The molecular weight excluding hydrogens is 406 g/mol. The summed E-state index contributed by atoms with van der Waals surface area (Å²) in [6, 6.07) is 6.08. The van der Waals surface area contributed by atoms with Gasteiger partial charge in [0.05, 0.1) is 19.6 Å². The van der Waals surface area contributed by atoms with E-state index in [4.69, 9.17) is 19.4 Å². The molecule has 2 heterocycles. The lowest BCUT2D eigenvalue weighted by atomic mass is 9.88. The first-order valence-corrected chi connectivity index (χ1v) is 12.4. The molecule has 1 fully saturated rings. The summed E-state index contributed by atoms with van der Waals surface area (Å²) in [4.78, 5) is 12.9. The van der Waals surface area contributed by atoms with Gasteiger partial charge in [-0.1, -0.05) is 25.3 Å². The predicted octanol–water partition coefficient (Wildman–Crippen LogP) is 6.25. The second-order valence-corrected chi connectivity index (χ2v) is 9.78. The molecule has 164 valence electrons. The van der Waals surface area contributed by atoms with Crippen LogP contribution in [-0.2, 0) is 19.4 Å². The first-order chi connectivity index (χ1) is 15.3. The Morgan fingerprint density at radius 3 is 2.58 bits per heavy atom. The average Bonchev–Trinajstić information content (AvgIpc) is 3.21. The quantitative estimate of drug-likeness (QED) is 0.494. The highest BCUT2D eigenvalue weighted by atomic mass is 32.1. The van der Waals surface area contributed by atoms with Crippen molar-refractivity contribution in [2.75, 3.05) is 19.5 Å². The van der Waals surface area contributed by atoms with E-state index in [0.29, 0.717) is 12.5 Å². The molecule has 5 nitrogen and oxygen atoms in total. The third-order valence-corrected chi connectivity index (χ3v) is 7.90. The topological polar surface area (TPSA) is 56.3 Å². The summed E-state index contributed by atoms with van der Waals surface area (Å²) < 4.78 is 10.9. The number of nitrogens with one attached hydrogen (secondary N) is 1. The number of nitrogens with zero attached hydrogens (tertiary/aromatic N) is 2. The number of rotatable bonds is 6. The summed E-state index contributed by atoms with van der Waals surface area (Å²) >= 11 is 1.90. The van der Waals surface area contributed by atoms with Gasteiger partial charge in [-0.15, -0.1) is 11.3 Å². The molecule has 1 aromatic carbocycles. The van der Waals surface area contributed by atoms with Crippen LogP contribution >= 0.6 is 11.3 Å². The molecule has 1 saturated carbocycles. The van der Waals surface area contributed by atoms with E-state index >= 15 is 0 Å². The van der Waals surface area contributed by atoms with Crippen LogP contribution in [0.15, 0.2) is 18.2 Å². The Labute approximate surface area is 188 Å². The Morgan fingerprint density at radius 2 is 1.77 bits per heavy atom. The van der Waals surface area contributed by atoms with Crippen molar-refractivity contribution < 1.29 is 9.47 Å². The van der Waals surface area contributed by atoms with Gasteiger partial charge < -0.3 is 14.8 Å². The standard InChI is InChI=1S/C25H31N3O2S/c1-29-19-13-12-16(14-20(19)30-2)15-26-24-22-18-10-6-7-11-21(18)31-25(22)28-23(27-24)17-8-4-3-5-9-17/h12-14,17H,3-11,15H2,1-2H3,(H,26,27,28). The third-order valence-electron chi connectivity index (χ3n) is 6.71. The lowest BCUT2D eigenvalue weighted by Gasteiger charge is -2.21. The Balaban J connectivity index is 1.50. The highest BCUT2D eigenvalue weighted by molar-refractivity contribution is 7.19. The molecule has 2 aliphatic carbocycles. The second kappa shape index (κ2) is 9.03. The number of fused-ring (bicyclic) bond motifs is 3. The van der Waals surface area contributed by atoms with Crippen molar-refractivity contribution in [1.82, 2.24) is 9.97 Å². The molecule has 2 aliphatic rings. The maximum Gasteiger partial charge on any atom is 0.161 e. The molecule has 3 aromatic rings. The minimum atomic E-state index is 0.499. The van der Waals surface area contributed by atoms with E-state index in [2.05, 4.69) is 11.4 Å². The van der Waals surface area contributed by atoms with Crippen molar-refractivity contribution in [2.45, 2.75) is 70.3 Å². The fourth-order valence-corrected chi connectivity index (χ4v) is 6.29. The fraction of sp³-hybridized carbons (Fsp3) is 0.520. The van der Waals surface area contributed by atoms with Crippen molar-refractivity contribution in [3.8, 4) is 11.5 Å². The molecule has 0 aliphatic heterocycles. The van der Waals surface area contributed by atoms with Crippen LogP contribution in [0.1, 0.15) is 72.7 Å². The molecular formula is C25H31N3O2S. The Kier molecular flexibility index (Phi) is 5.99. The molecule has 0 spiro atoms. The summed E-state index contributed by atoms with van der Waals surface area (Å²) in [5.74, 6) is 4.06. The molecule has 31 heavy (non-hydrogen) atoms. The molecule has 0 radical (unpaired) electrons. The highest BCUT2D eigenvalue weighted by Gasteiger charge is 2.24. The van der Waals surface area contributed by atoms with Crippen molar-refractivity contribution >= 4 is 27.4 Å². The Morgan fingerprint density at radius 1 is 0.968 bits per heavy atom. The molecule has 6 heteroatoms. The van der Waals surface area contributed by atoms with Gasteiger partial charge in [-0.05, 0) is 61.8 Å². The van der Waals surface area contributed by atoms with Gasteiger partial charge in [0.2, 0.25) is 0 Å². The van der Waals surface area contributed by atoms with Gasteiger partial charge >= 0.3 is 0 Å². The summed E-state index contributed by atoms with van der Waals surface area (Å²) in [5.41, 5.74) is 2.63. The van der Waals surface area contributed by atoms with Gasteiger partial charge in [-0.25, -0.2) is 9.97 Å². The highest BCUT2D eigenvalue weighted by Crippen LogP contribution is 2.41. The molecule has 0 bridgehead atoms. The van der Waals surface area contributed by atoms with Crippen LogP contribution in [0.2, 0.25) is 0 Å². The zero-order chi connectivity index (χ0) is 21.2. The Hall–Kier alpha value is -2.34. The van der Waals surface area contributed by atoms with Gasteiger partial charge in [0.15, 0.2) is 11.5 Å². The molecule has 2 aromatic heterocycles. The maximum absolute atomic E-state index is 5.48. The van der Waals surface area contributed by atoms with E-state index in [9.17, 15) is 0 Å². The van der Waals surface area contributed by atoms with Crippen LogP contribution in [0.5, 0.6) is 11.5 Å². The van der Waals surface area contributed by atoms with Gasteiger partial charge in [0.1, 0.15) is 16.5 Å². The maximum atomic E-state index is 5.48. The number of anilines is 1. The minimum Gasteiger partial charge on any atom is -0.493 e. The van der Waals surface area contributed by atoms with Crippen LogP contribution in [0.3, 0.4) is 0 Å². The largest absolute Gasteiger partial charge is 0.493 e. The van der Waals surface area contributed by atoms with Crippen molar-refractivity contribution in [3.05, 3.63) is 40.0 Å². The van der Waals surface area contributed by atoms with Crippen LogP contribution < -0.4 is 14.8 Å². The van der Waals surface area contributed by atoms with Gasteiger partial charge in [0, 0.05) is 17.3 Å². The molecule has 0 amide bonds. The van der Waals surface area contributed by atoms with Gasteiger partial charge in [0.25, 0.3) is 0 Å². The van der Waals surface area contributed by atoms with E-state index in [1.54, 1.807) is 14.2 Å². The van der Waals surface area contributed by atoms with E-state index in [1.807, 2.05) is 23.5 Å². The SMILES string of the molecule is COc1ccc(CNc2nc(C3CCCCC3)nc3sc4c(c23)CCCC4)cc1OC. The molecule has 0 saturated heterocycles. The number of thiophene rings is 1. The van der Waals surface area contributed by atoms with Crippen LogP contribution in [-0.4, -0.2) is 24.2 Å². The normalized spacial score (nSPS) is 16.8. The number of benzene rings is 1.